The Morgan fingerprint density at radius 1 is 1.06 bits per heavy atom. The number of amides is 1. The Labute approximate surface area is 184 Å². The molecule has 5 heteroatoms. The lowest BCUT2D eigenvalue weighted by Crippen LogP contribution is -2.39. The standard InChI is InChI=1S/C26H33N3O2/c1-5-8-16-24(30)28(17-6-2)23(7-3)25-27-22-15-10-9-14-21(22)26(31)29(25)20-13-11-12-19(4)18-20/h9-15,18,23H,5-8,16-17H2,1-4H3. The highest BCUT2D eigenvalue weighted by atomic mass is 16.2. The predicted molar refractivity (Wildman–Crippen MR) is 127 cm³/mol. The van der Waals surface area contributed by atoms with E-state index in [2.05, 4.69) is 20.8 Å². The van der Waals surface area contributed by atoms with Crippen LogP contribution < -0.4 is 5.56 Å². The zero-order valence-corrected chi connectivity index (χ0v) is 19.1. The fourth-order valence-electron chi connectivity index (χ4n) is 4.10. The van der Waals surface area contributed by atoms with E-state index in [1.54, 1.807) is 4.57 Å². The minimum absolute atomic E-state index is 0.0953. The van der Waals surface area contributed by atoms with Crippen molar-refractivity contribution in [2.75, 3.05) is 6.54 Å². The third-order valence-electron chi connectivity index (χ3n) is 5.65. The van der Waals surface area contributed by atoms with Crippen LogP contribution in [0.25, 0.3) is 16.6 Å². The van der Waals surface area contributed by atoms with Crippen molar-refractivity contribution in [3.05, 3.63) is 70.3 Å². The van der Waals surface area contributed by atoms with Crippen molar-refractivity contribution >= 4 is 16.8 Å². The Morgan fingerprint density at radius 3 is 2.52 bits per heavy atom. The van der Waals surface area contributed by atoms with Crippen LogP contribution in [0.2, 0.25) is 0 Å². The molecule has 0 bridgehead atoms. The van der Waals surface area contributed by atoms with Gasteiger partial charge < -0.3 is 4.90 Å². The molecule has 0 saturated carbocycles. The Hall–Kier alpha value is -2.95. The second kappa shape index (κ2) is 10.4. The van der Waals surface area contributed by atoms with Gasteiger partial charge in [0.1, 0.15) is 5.82 Å². The molecule has 0 N–H and O–H groups in total. The van der Waals surface area contributed by atoms with Crippen LogP contribution >= 0.6 is 0 Å². The smallest absolute Gasteiger partial charge is 0.266 e. The number of fused-ring (bicyclic) bond motifs is 1. The Kier molecular flexibility index (Phi) is 7.61. The molecule has 0 fully saturated rings. The maximum Gasteiger partial charge on any atom is 0.266 e. The van der Waals surface area contributed by atoms with E-state index in [-0.39, 0.29) is 17.5 Å². The van der Waals surface area contributed by atoms with E-state index < -0.39 is 0 Å². The molecule has 0 aliphatic carbocycles. The van der Waals surface area contributed by atoms with Crippen LogP contribution in [0.5, 0.6) is 0 Å². The monoisotopic (exact) mass is 419 g/mol. The van der Waals surface area contributed by atoms with E-state index in [1.165, 1.54) is 0 Å². The molecule has 31 heavy (non-hydrogen) atoms. The van der Waals surface area contributed by atoms with Gasteiger partial charge in [0, 0.05) is 13.0 Å². The van der Waals surface area contributed by atoms with E-state index in [0.29, 0.717) is 36.1 Å². The van der Waals surface area contributed by atoms with Gasteiger partial charge in [0.15, 0.2) is 0 Å². The van der Waals surface area contributed by atoms with Gasteiger partial charge in [-0.25, -0.2) is 4.98 Å². The highest BCUT2D eigenvalue weighted by molar-refractivity contribution is 5.79. The second-order valence-electron chi connectivity index (χ2n) is 8.08. The third-order valence-corrected chi connectivity index (χ3v) is 5.65. The lowest BCUT2D eigenvalue weighted by Gasteiger charge is -2.32. The molecule has 1 heterocycles. The van der Waals surface area contributed by atoms with Gasteiger partial charge in [0.05, 0.1) is 22.6 Å². The summed E-state index contributed by atoms with van der Waals surface area (Å²) in [5, 5.41) is 0.585. The summed E-state index contributed by atoms with van der Waals surface area (Å²) >= 11 is 0. The molecule has 0 aliphatic heterocycles. The molecule has 0 aliphatic rings. The van der Waals surface area contributed by atoms with Gasteiger partial charge in [0.2, 0.25) is 5.91 Å². The van der Waals surface area contributed by atoms with Crippen molar-refractivity contribution in [1.82, 2.24) is 14.5 Å². The topological polar surface area (TPSA) is 55.2 Å². The number of aromatic nitrogens is 2. The molecule has 1 aromatic heterocycles. The number of carbonyl (C=O) groups excluding carboxylic acids is 1. The molecule has 5 nitrogen and oxygen atoms in total. The Balaban J connectivity index is 2.25. The van der Waals surface area contributed by atoms with Crippen LogP contribution in [0.1, 0.15) is 70.3 Å². The number of nitrogens with zero attached hydrogens (tertiary/aromatic N) is 3. The summed E-state index contributed by atoms with van der Waals surface area (Å²) in [6.45, 7) is 8.89. The molecule has 1 amide bonds. The number of para-hydroxylation sites is 1. The van der Waals surface area contributed by atoms with Crippen LogP contribution in [0.4, 0.5) is 0 Å². The number of hydrogen-bond acceptors (Lipinski definition) is 3. The van der Waals surface area contributed by atoms with E-state index in [9.17, 15) is 9.59 Å². The second-order valence-corrected chi connectivity index (χ2v) is 8.08. The van der Waals surface area contributed by atoms with Crippen LogP contribution in [0, 0.1) is 6.92 Å². The number of hydrogen-bond donors (Lipinski definition) is 0. The van der Waals surface area contributed by atoms with Crippen molar-refractivity contribution in [2.24, 2.45) is 0 Å². The van der Waals surface area contributed by atoms with Crippen LogP contribution in [0.15, 0.2) is 53.3 Å². The highest BCUT2D eigenvalue weighted by Crippen LogP contribution is 2.27. The maximum atomic E-state index is 13.6. The lowest BCUT2D eigenvalue weighted by molar-refractivity contribution is -0.134. The van der Waals surface area contributed by atoms with Crippen molar-refractivity contribution < 1.29 is 4.79 Å². The Bertz CT molecular complexity index is 1100. The normalized spacial score (nSPS) is 12.1. The van der Waals surface area contributed by atoms with Gasteiger partial charge in [-0.15, -0.1) is 0 Å². The number of carbonyl (C=O) groups is 1. The SMILES string of the molecule is CCCCC(=O)N(CCC)C(CC)c1nc2ccccc2c(=O)n1-c1cccc(C)c1. The van der Waals surface area contributed by atoms with Gasteiger partial charge in [-0.05, 0) is 56.0 Å². The van der Waals surface area contributed by atoms with Gasteiger partial charge in [-0.1, -0.05) is 51.5 Å². The summed E-state index contributed by atoms with van der Waals surface area (Å²) in [6.07, 6.45) is 3.91. The summed E-state index contributed by atoms with van der Waals surface area (Å²) in [4.78, 5) is 33.6. The first-order valence-electron chi connectivity index (χ1n) is 11.4. The molecule has 3 rings (SSSR count). The van der Waals surface area contributed by atoms with E-state index >= 15 is 0 Å². The highest BCUT2D eigenvalue weighted by Gasteiger charge is 2.28. The van der Waals surface area contributed by atoms with E-state index in [4.69, 9.17) is 4.98 Å². The van der Waals surface area contributed by atoms with Crippen molar-refractivity contribution in [2.45, 2.75) is 65.8 Å². The fraction of sp³-hybridized carbons (Fsp3) is 0.423. The first-order valence-corrected chi connectivity index (χ1v) is 11.4. The van der Waals surface area contributed by atoms with Gasteiger partial charge >= 0.3 is 0 Å². The van der Waals surface area contributed by atoms with Gasteiger partial charge in [-0.3, -0.25) is 14.2 Å². The third kappa shape index (κ3) is 4.87. The van der Waals surface area contributed by atoms with E-state index in [0.717, 1.165) is 30.5 Å². The summed E-state index contributed by atoms with van der Waals surface area (Å²) in [6, 6.07) is 15.1. The molecular weight excluding hydrogens is 386 g/mol. The number of aryl methyl sites for hydroxylation is 1. The predicted octanol–water partition coefficient (Wildman–Crippen LogP) is 5.57. The first-order chi connectivity index (χ1) is 15.0. The summed E-state index contributed by atoms with van der Waals surface area (Å²) in [7, 11) is 0. The molecule has 1 unspecified atom stereocenters. The average molecular weight is 420 g/mol. The summed E-state index contributed by atoms with van der Waals surface area (Å²) in [5.41, 5.74) is 2.43. The van der Waals surface area contributed by atoms with Crippen molar-refractivity contribution in [1.29, 1.82) is 0 Å². The summed E-state index contributed by atoms with van der Waals surface area (Å²) < 4.78 is 1.71. The van der Waals surface area contributed by atoms with Crippen LogP contribution in [-0.4, -0.2) is 26.9 Å². The lowest BCUT2D eigenvalue weighted by atomic mass is 10.1. The molecular formula is C26H33N3O2. The number of benzene rings is 2. The van der Waals surface area contributed by atoms with Crippen LogP contribution in [-0.2, 0) is 4.79 Å². The zero-order chi connectivity index (χ0) is 22.4. The largest absolute Gasteiger partial charge is 0.333 e. The van der Waals surface area contributed by atoms with Gasteiger partial charge in [-0.2, -0.15) is 0 Å². The average Bonchev–Trinajstić information content (AvgIpc) is 2.77. The quantitative estimate of drug-likeness (QED) is 0.455. The fourth-order valence-corrected chi connectivity index (χ4v) is 4.10. The molecule has 2 aromatic carbocycles. The molecule has 164 valence electrons. The summed E-state index contributed by atoms with van der Waals surface area (Å²) in [5.74, 6) is 0.767. The zero-order valence-electron chi connectivity index (χ0n) is 19.1. The first kappa shape index (κ1) is 22.7. The number of rotatable bonds is 9. The number of unbranched alkanes of at least 4 members (excludes halogenated alkanes) is 1. The maximum absolute atomic E-state index is 13.6. The minimum Gasteiger partial charge on any atom is -0.333 e. The van der Waals surface area contributed by atoms with Crippen molar-refractivity contribution in [3.8, 4) is 5.69 Å². The Morgan fingerprint density at radius 2 is 1.84 bits per heavy atom. The van der Waals surface area contributed by atoms with Gasteiger partial charge in [0.25, 0.3) is 5.56 Å². The van der Waals surface area contributed by atoms with Crippen LogP contribution in [0.3, 0.4) is 0 Å². The molecule has 3 aromatic rings. The van der Waals surface area contributed by atoms with Crippen molar-refractivity contribution in [3.63, 3.8) is 0 Å². The van der Waals surface area contributed by atoms with E-state index in [1.807, 2.05) is 60.4 Å². The molecule has 0 radical (unpaired) electrons. The minimum atomic E-state index is -0.262. The molecule has 0 saturated heterocycles. The molecule has 1 atom stereocenters. The molecule has 0 spiro atoms.